The maximum Gasteiger partial charge on any atom is 0.269 e. The van der Waals surface area contributed by atoms with E-state index in [1.165, 1.54) is 4.68 Å². The number of pyridine rings is 1. The van der Waals surface area contributed by atoms with E-state index in [1.54, 1.807) is 13.1 Å². The topological polar surface area (TPSA) is 95.1 Å². The fraction of sp³-hybridized carbons (Fsp3) is 0.357. The van der Waals surface area contributed by atoms with Gasteiger partial charge in [-0.15, -0.1) is 0 Å². The number of rotatable bonds is 3. The van der Waals surface area contributed by atoms with Crippen molar-refractivity contribution in [1.82, 2.24) is 20.1 Å². The lowest BCUT2D eigenvalue weighted by molar-refractivity contribution is 0.0250. The number of nitrogens with zero attached hydrogens (tertiary/aromatic N) is 3. The average molecular weight is 322 g/mol. The van der Waals surface area contributed by atoms with E-state index in [4.69, 9.17) is 22.1 Å². The lowest BCUT2D eigenvalue weighted by atomic mass is 10.2. The van der Waals surface area contributed by atoms with Crippen molar-refractivity contribution in [2.75, 3.05) is 19.7 Å². The number of aromatic nitrogens is 3. The Morgan fingerprint density at radius 2 is 2.36 bits per heavy atom. The van der Waals surface area contributed by atoms with Crippen molar-refractivity contribution in [3.8, 4) is 5.69 Å². The minimum Gasteiger partial charge on any atom is -0.369 e. The smallest absolute Gasteiger partial charge is 0.269 e. The van der Waals surface area contributed by atoms with E-state index >= 15 is 0 Å². The zero-order valence-electron chi connectivity index (χ0n) is 12.0. The first kappa shape index (κ1) is 15.0. The molecule has 1 aliphatic rings. The Bertz CT molecular complexity index is 692. The average Bonchev–Trinajstić information content (AvgIpc) is 2.84. The molecule has 22 heavy (non-hydrogen) atoms. The number of hydrogen-bond acceptors (Lipinski definition) is 5. The fourth-order valence-corrected chi connectivity index (χ4v) is 2.59. The molecule has 0 spiro atoms. The first-order chi connectivity index (χ1) is 10.6. The quantitative estimate of drug-likeness (QED) is 0.879. The third-order valence-electron chi connectivity index (χ3n) is 3.49. The Kier molecular flexibility index (Phi) is 4.10. The summed E-state index contributed by atoms with van der Waals surface area (Å²) in [6.07, 6.45) is 1.56. The van der Waals surface area contributed by atoms with Gasteiger partial charge in [-0.05, 0) is 19.1 Å². The minimum absolute atomic E-state index is 0.0682. The Morgan fingerprint density at radius 1 is 1.55 bits per heavy atom. The number of hydrogen-bond donors (Lipinski definition) is 2. The normalized spacial score (nSPS) is 18.4. The maximum atomic E-state index is 11.6. The van der Waals surface area contributed by atoms with Crippen LogP contribution in [0.1, 0.15) is 28.0 Å². The van der Waals surface area contributed by atoms with Crippen LogP contribution in [-0.2, 0) is 4.74 Å². The van der Waals surface area contributed by atoms with Gasteiger partial charge < -0.3 is 15.8 Å². The van der Waals surface area contributed by atoms with Gasteiger partial charge in [-0.1, -0.05) is 11.6 Å². The van der Waals surface area contributed by atoms with Crippen LogP contribution in [0.4, 0.5) is 0 Å². The van der Waals surface area contributed by atoms with Crippen molar-refractivity contribution in [2.24, 2.45) is 5.73 Å². The van der Waals surface area contributed by atoms with E-state index in [0.29, 0.717) is 18.0 Å². The summed E-state index contributed by atoms with van der Waals surface area (Å²) < 4.78 is 7.07. The number of halogens is 1. The Labute approximate surface area is 132 Å². The van der Waals surface area contributed by atoms with E-state index in [-0.39, 0.29) is 16.8 Å². The van der Waals surface area contributed by atoms with Crippen molar-refractivity contribution >= 4 is 17.5 Å². The third-order valence-corrected chi connectivity index (χ3v) is 3.95. The largest absolute Gasteiger partial charge is 0.369 e. The molecule has 0 aliphatic carbocycles. The van der Waals surface area contributed by atoms with E-state index < -0.39 is 5.91 Å². The molecule has 3 N–H and O–H groups in total. The van der Waals surface area contributed by atoms with E-state index in [0.717, 1.165) is 18.8 Å². The third kappa shape index (κ3) is 2.70. The molecule has 3 rings (SSSR count). The number of nitrogens with one attached hydrogen (secondary N) is 1. The molecule has 0 bridgehead atoms. The molecule has 8 heteroatoms. The van der Waals surface area contributed by atoms with E-state index in [1.807, 2.05) is 12.1 Å². The van der Waals surface area contributed by atoms with Gasteiger partial charge >= 0.3 is 0 Å². The summed E-state index contributed by atoms with van der Waals surface area (Å²) in [5.74, 6) is -0.630. The highest BCUT2D eigenvalue weighted by molar-refractivity contribution is 6.34. The number of nitrogens with two attached hydrogens (primary N) is 1. The molecule has 2 aromatic rings. The molecular weight excluding hydrogens is 306 g/mol. The molecule has 0 saturated carbocycles. The van der Waals surface area contributed by atoms with Crippen LogP contribution in [0.15, 0.2) is 18.3 Å². The van der Waals surface area contributed by atoms with Crippen LogP contribution in [0.5, 0.6) is 0 Å². The van der Waals surface area contributed by atoms with Crippen molar-refractivity contribution in [3.63, 3.8) is 0 Å². The Hall–Kier alpha value is -1.96. The molecule has 3 heterocycles. The van der Waals surface area contributed by atoms with Crippen LogP contribution in [0.2, 0.25) is 5.02 Å². The summed E-state index contributed by atoms with van der Waals surface area (Å²) in [6, 6.07) is 3.66. The Balaban J connectivity index is 1.93. The van der Waals surface area contributed by atoms with Gasteiger partial charge in [0.25, 0.3) is 5.91 Å². The minimum atomic E-state index is -0.630. The number of aryl methyl sites for hydroxylation is 1. The second-order valence-electron chi connectivity index (χ2n) is 5.03. The van der Waals surface area contributed by atoms with Gasteiger partial charge in [0.2, 0.25) is 0 Å². The van der Waals surface area contributed by atoms with E-state index in [2.05, 4.69) is 15.4 Å². The van der Waals surface area contributed by atoms with E-state index in [9.17, 15) is 4.79 Å². The number of primary amides is 1. The van der Waals surface area contributed by atoms with Crippen LogP contribution >= 0.6 is 11.6 Å². The molecule has 0 aromatic carbocycles. The second-order valence-corrected chi connectivity index (χ2v) is 5.41. The summed E-state index contributed by atoms with van der Waals surface area (Å²) in [4.78, 5) is 16.0. The van der Waals surface area contributed by atoms with Gasteiger partial charge in [-0.3, -0.25) is 9.78 Å². The predicted octanol–water partition coefficient (Wildman–Crippen LogP) is 0.989. The maximum absolute atomic E-state index is 11.6. The van der Waals surface area contributed by atoms with Crippen LogP contribution in [0.25, 0.3) is 5.69 Å². The molecule has 0 unspecified atom stereocenters. The number of amides is 1. The molecule has 1 fully saturated rings. The molecule has 1 saturated heterocycles. The molecule has 7 nitrogen and oxygen atoms in total. The predicted molar refractivity (Wildman–Crippen MR) is 81.2 cm³/mol. The summed E-state index contributed by atoms with van der Waals surface area (Å²) in [5, 5.41) is 7.76. The lowest BCUT2D eigenvalue weighted by Gasteiger charge is -2.23. The van der Waals surface area contributed by atoms with Gasteiger partial charge in [0.05, 0.1) is 34.9 Å². The fourth-order valence-electron chi connectivity index (χ4n) is 2.38. The molecule has 0 radical (unpaired) electrons. The van der Waals surface area contributed by atoms with Gasteiger partial charge in [0.1, 0.15) is 6.10 Å². The zero-order chi connectivity index (χ0) is 15.7. The molecule has 1 aliphatic heterocycles. The molecule has 2 aromatic heterocycles. The van der Waals surface area contributed by atoms with Crippen LogP contribution in [-0.4, -0.2) is 40.4 Å². The van der Waals surface area contributed by atoms with Crippen LogP contribution in [0.3, 0.4) is 0 Å². The monoisotopic (exact) mass is 321 g/mol. The Morgan fingerprint density at radius 3 is 2.95 bits per heavy atom. The number of carbonyl (C=O) groups is 1. The summed E-state index contributed by atoms with van der Waals surface area (Å²) in [5.41, 5.74) is 7.52. The second kappa shape index (κ2) is 6.04. The highest BCUT2D eigenvalue weighted by Crippen LogP contribution is 2.24. The zero-order valence-corrected chi connectivity index (χ0v) is 12.8. The van der Waals surface area contributed by atoms with Gasteiger partial charge in [0.15, 0.2) is 5.69 Å². The standard InChI is InChI=1S/C14H16ClN5O2/c1-8-12(15)13(14(16)21)20(19-8)9-2-3-10(18-6-9)11-7-17-4-5-22-11/h2-3,6,11,17H,4-5,7H2,1H3,(H2,16,21)/t11-/m0/s1. The molecule has 1 amide bonds. The highest BCUT2D eigenvalue weighted by Gasteiger charge is 2.21. The number of morpholine rings is 1. The van der Waals surface area contributed by atoms with Gasteiger partial charge in [-0.2, -0.15) is 5.10 Å². The van der Waals surface area contributed by atoms with Crippen molar-refractivity contribution in [2.45, 2.75) is 13.0 Å². The summed E-state index contributed by atoms with van der Waals surface area (Å²) in [7, 11) is 0. The van der Waals surface area contributed by atoms with Crippen LogP contribution < -0.4 is 11.1 Å². The number of ether oxygens (including phenoxy) is 1. The van der Waals surface area contributed by atoms with Gasteiger partial charge in [0, 0.05) is 13.1 Å². The lowest BCUT2D eigenvalue weighted by Crippen LogP contribution is -2.33. The number of carbonyl (C=O) groups excluding carboxylic acids is 1. The molecule has 1 atom stereocenters. The van der Waals surface area contributed by atoms with Crippen LogP contribution in [0, 0.1) is 6.92 Å². The first-order valence-corrected chi connectivity index (χ1v) is 7.29. The molecular formula is C14H16ClN5O2. The SMILES string of the molecule is Cc1nn(-c2ccc([C@@H]3CNCCO3)nc2)c(C(N)=O)c1Cl. The van der Waals surface area contributed by atoms with Crippen molar-refractivity contribution in [1.29, 1.82) is 0 Å². The molecule has 116 valence electrons. The summed E-state index contributed by atoms with van der Waals surface area (Å²) >= 11 is 6.08. The first-order valence-electron chi connectivity index (χ1n) is 6.91. The summed E-state index contributed by atoms with van der Waals surface area (Å²) in [6.45, 7) is 3.95. The highest BCUT2D eigenvalue weighted by atomic mass is 35.5. The van der Waals surface area contributed by atoms with Gasteiger partial charge in [-0.25, -0.2) is 4.68 Å². The van der Waals surface area contributed by atoms with Crippen molar-refractivity contribution in [3.05, 3.63) is 40.4 Å². The van der Waals surface area contributed by atoms with Crippen molar-refractivity contribution < 1.29 is 9.53 Å².